The fourth-order valence-electron chi connectivity index (χ4n) is 3.89. The zero-order valence-corrected chi connectivity index (χ0v) is 16.5. The summed E-state index contributed by atoms with van der Waals surface area (Å²) < 4.78 is 5.01. The smallest absolute Gasteiger partial charge is 0.203 e. The number of hydrogen-bond acceptors (Lipinski definition) is 4. The number of benzene rings is 1. The van der Waals surface area contributed by atoms with E-state index in [2.05, 4.69) is 45.6 Å². The molecule has 26 heavy (non-hydrogen) atoms. The normalized spacial score (nSPS) is 18.5. The standard InChI is InChI=1S/C20H29N5S/c1-2-23(17-11-12-17)16-24-20(26)25(18-9-5-3-6-10-18)19(21-24)15-22-13-7-4-8-14-22/h3,5-6,9-10,17H,2,4,7-8,11-16H2,1H3. The van der Waals surface area contributed by atoms with Gasteiger partial charge in [0.2, 0.25) is 4.77 Å². The third-order valence-electron chi connectivity index (χ3n) is 5.52. The van der Waals surface area contributed by atoms with E-state index in [0.29, 0.717) is 6.04 Å². The van der Waals surface area contributed by atoms with E-state index in [-0.39, 0.29) is 0 Å². The number of likely N-dealkylation sites (tertiary alicyclic amines) is 1. The van der Waals surface area contributed by atoms with Gasteiger partial charge in [-0.2, -0.15) is 5.10 Å². The van der Waals surface area contributed by atoms with Crippen molar-refractivity contribution >= 4 is 12.2 Å². The number of para-hydroxylation sites is 1. The highest BCUT2D eigenvalue weighted by molar-refractivity contribution is 7.71. The first kappa shape index (κ1) is 17.9. The highest BCUT2D eigenvalue weighted by Gasteiger charge is 2.28. The minimum atomic E-state index is 0.717. The van der Waals surface area contributed by atoms with Crippen molar-refractivity contribution in [3.05, 3.63) is 40.9 Å². The maximum absolute atomic E-state index is 5.85. The minimum absolute atomic E-state index is 0.717. The largest absolute Gasteiger partial charge is 0.296 e. The Morgan fingerprint density at radius 3 is 2.50 bits per heavy atom. The summed E-state index contributed by atoms with van der Waals surface area (Å²) in [5, 5.41) is 4.97. The summed E-state index contributed by atoms with van der Waals surface area (Å²) >= 11 is 5.85. The van der Waals surface area contributed by atoms with Crippen LogP contribution in [0.4, 0.5) is 0 Å². The monoisotopic (exact) mass is 371 g/mol. The molecule has 4 rings (SSSR count). The van der Waals surface area contributed by atoms with Gasteiger partial charge < -0.3 is 0 Å². The van der Waals surface area contributed by atoms with Crippen LogP contribution in [0, 0.1) is 4.77 Å². The van der Waals surface area contributed by atoms with E-state index in [1.807, 2.05) is 10.7 Å². The van der Waals surface area contributed by atoms with Crippen LogP contribution in [0.3, 0.4) is 0 Å². The predicted molar refractivity (Wildman–Crippen MR) is 107 cm³/mol. The quantitative estimate of drug-likeness (QED) is 0.692. The summed E-state index contributed by atoms with van der Waals surface area (Å²) in [5.41, 5.74) is 1.12. The van der Waals surface area contributed by atoms with Crippen molar-refractivity contribution in [1.29, 1.82) is 0 Å². The maximum atomic E-state index is 5.85. The average molecular weight is 372 g/mol. The first-order chi connectivity index (χ1) is 12.8. The van der Waals surface area contributed by atoms with E-state index in [0.717, 1.165) is 49.1 Å². The fourth-order valence-corrected chi connectivity index (χ4v) is 4.20. The van der Waals surface area contributed by atoms with Gasteiger partial charge in [0, 0.05) is 11.7 Å². The van der Waals surface area contributed by atoms with Crippen LogP contribution in [0.25, 0.3) is 5.69 Å². The summed E-state index contributed by atoms with van der Waals surface area (Å²) in [6.07, 6.45) is 6.54. The van der Waals surface area contributed by atoms with Crippen molar-refractivity contribution < 1.29 is 0 Å². The summed E-state index contributed by atoms with van der Waals surface area (Å²) in [6.45, 7) is 7.28. The molecule has 0 unspecified atom stereocenters. The van der Waals surface area contributed by atoms with Crippen LogP contribution < -0.4 is 0 Å². The third kappa shape index (κ3) is 3.92. The Morgan fingerprint density at radius 2 is 1.85 bits per heavy atom. The fraction of sp³-hybridized carbons (Fsp3) is 0.600. The Morgan fingerprint density at radius 1 is 1.12 bits per heavy atom. The van der Waals surface area contributed by atoms with Gasteiger partial charge in [-0.15, -0.1) is 0 Å². The molecule has 1 saturated carbocycles. The van der Waals surface area contributed by atoms with Gasteiger partial charge in [0.15, 0.2) is 5.82 Å². The molecule has 1 aromatic carbocycles. The highest BCUT2D eigenvalue weighted by Crippen LogP contribution is 2.27. The SMILES string of the molecule is CCN(Cn1nc(CN2CCCCC2)n(-c2ccccc2)c1=S)C1CC1. The Kier molecular flexibility index (Phi) is 5.52. The van der Waals surface area contributed by atoms with Crippen molar-refractivity contribution in [3.63, 3.8) is 0 Å². The van der Waals surface area contributed by atoms with Gasteiger partial charge in [0.05, 0.1) is 13.2 Å². The number of rotatable bonds is 7. The Balaban J connectivity index is 1.66. The Bertz CT molecular complexity index is 771. The molecule has 1 saturated heterocycles. The molecule has 1 aliphatic heterocycles. The summed E-state index contributed by atoms with van der Waals surface area (Å²) in [5.74, 6) is 1.06. The lowest BCUT2D eigenvalue weighted by atomic mass is 10.1. The van der Waals surface area contributed by atoms with Gasteiger partial charge in [-0.25, -0.2) is 4.68 Å². The van der Waals surface area contributed by atoms with Gasteiger partial charge >= 0.3 is 0 Å². The van der Waals surface area contributed by atoms with Crippen molar-refractivity contribution in [2.24, 2.45) is 0 Å². The molecule has 6 heteroatoms. The van der Waals surface area contributed by atoms with Gasteiger partial charge in [-0.3, -0.25) is 14.4 Å². The van der Waals surface area contributed by atoms with Crippen molar-refractivity contribution in [3.8, 4) is 5.69 Å². The van der Waals surface area contributed by atoms with Crippen LogP contribution in [-0.4, -0.2) is 49.8 Å². The molecule has 2 aromatic rings. The van der Waals surface area contributed by atoms with Crippen LogP contribution in [0.5, 0.6) is 0 Å². The molecular weight excluding hydrogens is 342 g/mol. The van der Waals surface area contributed by atoms with Crippen molar-refractivity contribution in [1.82, 2.24) is 24.1 Å². The summed E-state index contributed by atoms with van der Waals surface area (Å²) in [7, 11) is 0. The van der Waals surface area contributed by atoms with Gasteiger partial charge in [-0.05, 0) is 69.7 Å². The molecule has 0 N–H and O–H groups in total. The molecule has 1 aliphatic carbocycles. The minimum Gasteiger partial charge on any atom is -0.296 e. The van der Waals surface area contributed by atoms with Crippen LogP contribution >= 0.6 is 12.2 Å². The van der Waals surface area contributed by atoms with Crippen molar-refractivity contribution in [2.45, 2.75) is 58.3 Å². The lowest BCUT2D eigenvalue weighted by Gasteiger charge is -2.25. The van der Waals surface area contributed by atoms with E-state index in [1.165, 1.54) is 32.1 Å². The van der Waals surface area contributed by atoms with Crippen molar-refractivity contribution in [2.75, 3.05) is 19.6 Å². The number of hydrogen-bond donors (Lipinski definition) is 0. The molecule has 2 heterocycles. The second-order valence-corrected chi connectivity index (χ2v) is 7.85. The zero-order valence-electron chi connectivity index (χ0n) is 15.7. The molecule has 0 amide bonds. The van der Waals surface area contributed by atoms with Crippen LogP contribution in [0.2, 0.25) is 0 Å². The van der Waals surface area contributed by atoms with Crippen LogP contribution in [-0.2, 0) is 13.2 Å². The lowest BCUT2D eigenvalue weighted by Crippen LogP contribution is -2.30. The predicted octanol–water partition coefficient (Wildman–Crippen LogP) is 3.83. The van der Waals surface area contributed by atoms with E-state index in [9.17, 15) is 0 Å². The van der Waals surface area contributed by atoms with Gasteiger partial charge in [0.1, 0.15) is 0 Å². The molecule has 5 nitrogen and oxygen atoms in total. The number of piperidine rings is 1. The van der Waals surface area contributed by atoms with Gasteiger partial charge in [0.25, 0.3) is 0 Å². The average Bonchev–Trinajstić information content (AvgIpc) is 3.47. The molecule has 2 aliphatic rings. The highest BCUT2D eigenvalue weighted by atomic mass is 32.1. The molecule has 0 bridgehead atoms. The molecule has 0 atom stereocenters. The van der Waals surface area contributed by atoms with E-state index in [4.69, 9.17) is 17.3 Å². The van der Waals surface area contributed by atoms with Gasteiger partial charge in [-0.1, -0.05) is 31.5 Å². The lowest BCUT2D eigenvalue weighted by molar-refractivity contribution is 0.200. The third-order valence-corrected chi connectivity index (χ3v) is 5.91. The number of aromatic nitrogens is 3. The second kappa shape index (κ2) is 8.03. The van der Waals surface area contributed by atoms with E-state index < -0.39 is 0 Å². The van der Waals surface area contributed by atoms with Crippen LogP contribution in [0.15, 0.2) is 30.3 Å². The summed E-state index contributed by atoms with van der Waals surface area (Å²) in [6, 6.07) is 11.2. The maximum Gasteiger partial charge on any atom is 0.203 e. The first-order valence-electron chi connectivity index (χ1n) is 9.97. The molecule has 2 fully saturated rings. The van der Waals surface area contributed by atoms with E-state index in [1.54, 1.807) is 0 Å². The topological polar surface area (TPSA) is 29.2 Å². The molecular formula is C20H29N5S. The molecule has 0 spiro atoms. The Labute approximate surface area is 161 Å². The summed E-state index contributed by atoms with van der Waals surface area (Å²) in [4.78, 5) is 5.01. The van der Waals surface area contributed by atoms with E-state index >= 15 is 0 Å². The van der Waals surface area contributed by atoms with Crippen LogP contribution in [0.1, 0.15) is 44.9 Å². The molecule has 1 aromatic heterocycles. The zero-order chi connectivity index (χ0) is 17.9. The second-order valence-electron chi connectivity index (χ2n) is 7.48. The first-order valence-corrected chi connectivity index (χ1v) is 10.4. The molecule has 140 valence electrons. The Hall–Kier alpha value is -1.50. The molecule has 0 radical (unpaired) electrons. The number of nitrogens with zero attached hydrogens (tertiary/aromatic N) is 5.